The zero-order valence-electron chi connectivity index (χ0n) is 16.2. The van der Waals surface area contributed by atoms with Crippen molar-refractivity contribution >= 4 is 23.5 Å². The number of hydrogen-bond donors (Lipinski definition) is 4. The SMILES string of the molecule is CCC(COCc1ccccc1)NC(=O)c1cc(/C(C=N)=C/NC)cnc1N. The molecule has 5 N–H and O–H groups in total. The minimum absolute atomic E-state index is 0.144. The third-order valence-electron chi connectivity index (χ3n) is 4.21. The standard InChI is InChI=1S/C21H27N5O2/c1-3-18(14-28-13-15-7-5-4-6-8-15)26-21(27)19-9-16(12-25-20(19)23)17(10-22)11-24-2/h4-12,18,22,24H,3,13-14H2,1-2H3,(H2,23,25)(H,26,27)/b17-11+,22-10?. The third-order valence-corrected chi connectivity index (χ3v) is 4.21. The molecule has 1 unspecified atom stereocenters. The van der Waals surface area contributed by atoms with Gasteiger partial charge in [0.1, 0.15) is 5.82 Å². The lowest BCUT2D eigenvalue weighted by Gasteiger charge is -2.18. The van der Waals surface area contributed by atoms with Gasteiger partial charge in [-0.2, -0.15) is 0 Å². The van der Waals surface area contributed by atoms with Crippen LogP contribution in [0.3, 0.4) is 0 Å². The van der Waals surface area contributed by atoms with Crippen LogP contribution in [0, 0.1) is 5.41 Å². The van der Waals surface area contributed by atoms with Gasteiger partial charge in [-0.05, 0) is 18.1 Å². The predicted octanol–water partition coefficient (Wildman–Crippen LogP) is 2.60. The molecule has 7 heteroatoms. The Morgan fingerprint density at radius 1 is 1.36 bits per heavy atom. The fourth-order valence-electron chi connectivity index (χ4n) is 2.60. The number of aromatic nitrogens is 1. The van der Waals surface area contributed by atoms with Crippen LogP contribution >= 0.6 is 0 Å². The van der Waals surface area contributed by atoms with Gasteiger partial charge in [0.2, 0.25) is 0 Å². The second-order valence-electron chi connectivity index (χ2n) is 6.27. The van der Waals surface area contributed by atoms with Crippen molar-refractivity contribution in [2.45, 2.75) is 26.0 Å². The van der Waals surface area contributed by atoms with E-state index >= 15 is 0 Å². The van der Waals surface area contributed by atoms with E-state index in [4.69, 9.17) is 15.9 Å². The Labute approximate surface area is 165 Å². The van der Waals surface area contributed by atoms with E-state index in [0.717, 1.165) is 12.0 Å². The number of carbonyl (C=O) groups excluding carboxylic acids is 1. The maximum atomic E-state index is 12.7. The van der Waals surface area contributed by atoms with Gasteiger partial charge >= 0.3 is 0 Å². The lowest BCUT2D eigenvalue weighted by Crippen LogP contribution is -2.38. The molecule has 0 spiro atoms. The van der Waals surface area contributed by atoms with E-state index in [0.29, 0.717) is 24.4 Å². The van der Waals surface area contributed by atoms with E-state index in [1.54, 1.807) is 25.5 Å². The molecule has 0 radical (unpaired) electrons. The van der Waals surface area contributed by atoms with Crippen LogP contribution in [0.15, 0.2) is 48.8 Å². The molecular weight excluding hydrogens is 354 g/mol. The molecule has 7 nitrogen and oxygen atoms in total. The fourth-order valence-corrected chi connectivity index (χ4v) is 2.60. The van der Waals surface area contributed by atoms with Crippen molar-refractivity contribution in [1.82, 2.24) is 15.6 Å². The highest BCUT2D eigenvalue weighted by Gasteiger charge is 2.17. The van der Waals surface area contributed by atoms with Crippen molar-refractivity contribution in [3.05, 3.63) is 65.5 Å². The van der Waals surface area contributed by atoms with Crippen LogP contribution < -0.4 is 16.4 Å². The Morgan fingerprint density at radius 2 is 2.11 bits per heavy atom. The summed E-state index contributed by atoms with van der Waals surface area (Å²) in [5, 5.41) is 13.3. The molecule has 148 valence electrons. The van der Waals surface area contributed by atoms with Crippen LogP contribution in [0.25, 0.3) is 5.57 Å². The summed E-state index contributed by atoms with van der Waals surface area (Å²) < 4.78 is 5.74. The molecule has 1 aromatic carbocycles. The predicted molar refractivity (Wildman–Crippen MR) is 112 cm³/mol. The van der Waals surface area contributed by atoms with Crippen LogP contribution in [0.2, 0.25) is 0 Å². The number of nitrogens with one attached hydrogen (secondary N) is 3. The number of nitrogens with zero attached hydrogens (tertiary/aromatic N) is 1. The summed E-state index contributed by atoms with van der Waals surface area (Å²) in [6, 6.07) is 11.4. The lowest BCUT2D eigenvalue weighted by atomic mass is 10.1. The molecule has 0 aliphatic rings. The highest BCUT2D eigenvalue weighted by molar-refractivity contribution is 6.09. The van der Waals surface area contributed by atoms with Crippen molar-refractivity contribution in [3.8, 4) is 0 Å². The van der Waals surface area contributed by atoms with Gasteiger partial charge in [0.15, 0.2) is 0 Å². The van der Waals surface area contributed by atoms with E-state index in [-0.39, 0.29) is 23.3 Å². The number of nitrogens with two attached hydrogens (primary N) is 1. The molecule has 1 atom stereocenters. The number of allylic oxidation sites excluding steroid dienone is 1. The quantitative estimate of drug-likeness (QED) is 0.473. The third kappa shape index (κ3) is 5.92. The highest BCUT2D eigenvalue weighted by Crippen LogP contribution is 2.17. The number of pyridine rings is 1. The average molecular weight is 381 g/mol. The first kappa shape index (κ1) is 21.1. The van der Waals surface area contributed by atoms with Gasteiger partial charge in [0.25, 0.3) is 5.91 Å². The van der Waals surface area contributed by atoms with Crippen LogP contribution in [0.4, 0.5) is 5.82 Å². The summed E-state index contributed by atoms with van der Waals surface area (Å²) in [5.41, 5.74) is 8.50. The van der Waals surface area contributed by atoms with Crippen molar-refractivity contribution < 1.29 is 9.53 Å². The topological polar surface area (TPSA) is 113 Å². The van der Waals surface area contributed by atoms with Gasteiger partial charge in [0.05, 0.1) is 24.8 Å². The first-order valence-electron chi connectivity index (χ1n) is 9.15. The van der Waals surface area contributed by atoms with Gasteiger partial charge in [-0.1, -0.05) is 37.3 Å². The normalized spacial score (nSPS) is 12.3. The largest absolute Gasteiger partial charge is 0.393 e. The summed E-state index contributed by atoms with van der Waals surface area (Å²) in [4.78, 5) is 16.8. The second kappa shape index (κ2) is 10.8. The second-order valence-corrected chi connectivity index (χ2v) is 6.27. The Morgan fingerprint density at radius 3 is 2.75 bits per heavy atom. The Bertz CT molecular complexity index is 821. The van der Waals surface area contributed by atoms with Gasteiger partial charge < -0.3 is 26.5 Å². The molecule has 0 fully saturated rings. The molecule has 2 rings (SSSR count). The number of ether oxygens (including phenoxy) is 1. The van der Waals surface area contributed by atoms with Crippen molar-refractivity contribution in [2.75, 3.05) is 19.4 Å². The Kier molecular flexibility index (Phi) is 8.17. The molecule has 0 bridgehead atoms. The average Bonchev–Trinajstić information content (AvgIpc) is 2.72. The Hall–Kier alpha value is -3.19. The van der Waals surface area contributed by atoms with Crippen LogP contribution in [-0.2, 0) is 11.3 Å². The molecule has 0 saturated carbocycles. The van der Waals surface area contributed by atoms with Gasteiger partial charge in [-0.25, -0.2) is 4.98 Å². The van der Waals surface area contributed by atoms with Gasteiger partial charge in [0, 0.05) is 36.8 Å². The molecule has 2 aromatic rings. The molecule has 0 aliphatic heterocycles. The zero-order chi connectivity index (χ0) is 20.4. The summed E-state index contributed by atoms with van der Waals surface area (Å²) in [5.74, 6) is -0.161. The minimum atomic E-state index is -0.309. The van der Waals surface area contributed by atoms with E-state index in [2.05, 4.69) is 15.6 Å². The monoisotopic (exact) mass is 381 g/mol. The molecule has 1 aromatic heterocycles. The number of anilines is 1. The summed E-state index contributed by atoms with van der Waals surface area (Å²) >= 11 is 0. The molecule has 1 amide bonds. The minimum Gasteiger partial charge on any atom is -0.393 e. The van der Waals surface area contributed by atoms with Gasteiger partial charge in [-0.3, -0.25) is 4.79 Å². The van der Waals surface area contributed by atoms with Crippen LogP contribution in [-0.4, -0.2) is 36.8 Å². The van der Waals surface area contributed by atoms with Crippen molar-refractivity contribution in [1.29, 1.82) is 5.41 Å². The van der Waals surface area contributed by atoms with Crippen LogP contribution in [0.1, 0.15) is 34.8 Å². The fraction of sp³-hybridized carbons (Fsp3) is 0.286. The highest BCUT2D eigenvalue weighted by atomic mass is 16.5. The van der Waals surface area contributed by atoms with E-state index in [1.807, 2.05) is 37.3 Å². The maximum absolute atomic E-state index is 12.7. The van der Waals surface area contributed by atoms with Crippen molar-refractivity contribution in [2.24, 2.45) is 0 Å². The molecule has 0 aliphatic carbocycles. The van der Waals surface area contributed by atoms with Gasteiger partial charge in [-0.15, -0.1) is 0 Å². The number of carbonyl (C=O) groups is 1. The summed E-state index contributed by atoms with van der Waals surface area (Å²) in [6.07, 6.45) is 5.12. The van der Waals surface area contributed by atoms with Crippen LogP contribution in [0.5, 0.6) is 0 Å². The molecule has 0 saturated heterocycles. The maximum Gasteiger partial charge on any atom is 0.255 e. The van der Waals surface area contributed by atoms with E-state index < -0.39 is 0 Å². The first-order valence-corrected chi connectivity index (χ1v) is 9.15. The number of hydrogen-bond acceptors (Lipinski definition) is 6. The molecular formula is C21H27N5O2. The number of benzene rings is 1. The first-order chi connectivity index (χ1) is 13.6. The summed E-state index contributed by atoms with van der Waals surface area (Å²) in [6.45, 7) is 2.87. The molecule has 1 heterocycles. The molecule has 28 heavy (non-hydrogen) atoms. The number of nitrogen functional groups attached to an aromatic ring is 1. The smallest absolute Gasteiger partial charge is 0.255 e. The zero-order valence-corrected chi connectivity index (χ0v) is 16.2. The number of rotatable bonds is 10. The van der Waals surface area contributed by atoms with E-state index in [9.17, 15) is 4.79 Å². The summed E-state index contributed by atoms with van der Waals surface area (Å²) in [7, 11) is 1.74. The Balaban J connectivity index is 2.03. The van der Waals surface area contributed by atoms with E-state index in [1.165, 1.54) is 6.21 Å². The number of amides is 1. The lowest BCUT2D eigenvalue weighted by molar-refractivity contribution is 0.0792. The van der Waals surface area contributed by atoms with Crippen molar-refractivity contribution in [3.63, 3.8) is 0 Å².